The minimum atomic E-state index is -1.04. The molecule has 0 aliphatic carbocycles. The third kappa shape index (κ3) is 3.43. The molecule has 1 unspecified atom stereocenters. The second-order valence-corrected chi connectivity index (χ2v) is 6.69. The maximum absolute atomic E-state index is 11.7. The van der Waals surface area contributed by atoms with Crippen LogP contribution in [0.4, 0.5) is 0 Å². The van der Waals surface area contributed by atoms with Crippen molar-refractivity contribution in [2.45, 2.75) is 39.0 Å². The number of rotatable bonds is 3. The number of aryl methyl sites for hydroxylation is 2. The summed E-state index contributed by atoms with van der Waals surface area (Å²) in [7, 11) is 0.850. The van der Waals surface area contributed by atoms with Crippen LogP contribution in [-0.4, -0.2) is 18.7 Å². The van der Waals surface area contributed by atoms with Crippen LogP contribution in [0.25, 0.3) is 0 Å². The summed E-state index contributed by atoms with van der Waals surface area (Å²) in [6.45, 7) is 8.39. The average molecular weight is 229 g/mol. The van der Waals surface area contributed by atoms with E-state index in [1.807, 2.05) is 40.9 Å². The fourth-order valence-corrected chi connectivity index (χ4v) is 1.88. The highest BCUT2D eigenvalue weighted by atomic mass is 32.2. The molecule has 0 aromatic carbocycles. The predicted octanol–water partition coefficient (Wildman–Crippen LogP) is 1.28. The van der Waals surface area contributed by atoms with Crippen molar-refractivity contribution < 1.29 is 4.21 Å². The quantitative estimate of drug-likeness (QED) is 0.848. The first-order chi connectivity index (χ1) is 6.80. The van der Waals surface area contributed by atoms with Crippen LogP contribution in [0, 0.1) is 6.92 Å². The van der Waals surface area contributed by atoms with Gasteiger partial charge in [0.15, 0.2) is 0 Å². The molecule has 1 rings (SSSR count). The summed E-state index contributed by atoms with van der Waals surface area (Å²) in [4.78, 5) is 0. The topological polar surface area (TPSA) is 46.9 Å². The summed E-state index contributed by atoms with van der Waals surface area (Å²) in [5.41, 5.74) is 2.08. The van der Waals surface area contributed by atoms with Crippen molar-refractivity contribution >= 4 is 11.0 Å². The van der Waals surface area contributed by atoms with Gasteiger partial charge in [-0.3, -0.25) is 4.68 Å². The molecular weight excluding hydrogens is 210 g/mol. The highest BCUT2D eigenvalue weighted by Crippen LogP contribution is 2.10. The Bertz CT molecular complexity index is 365. The van der Waals surface area contributed by atoms with Crippen LogP contribution in [0.2, 0.25) is 0 Å². The molecule has 0 amide bonds. The van der Waals surface area contributed by atoms with Crippen molar-refractivity contribution in [1.82, 2.24) is 14.5 Å². The van der Waals surface area contributed by atoms with Crippen molar-refractivity contribution in [3.8, 4) is 0 Å². The van der Waals surface area contributed by atoms with Crippen LogP contribution >= 0.6 is 0 Å². The second kappa shape index (κ2) is 4.45. The first kappa shape index (κ1) is 12.4. The van der Waals surface area contributed by atoms with E-state index in [0.717, 1.165) is 11.3 Å². The predicted molar refractivity (Wildman–Crippen MR) is 62.7 cm³/mol. The number of hydrogen-bond donors (Lipinski definition) is 1. The Kier molecular flexibility index (Phi) is 3.67. The van der Waals surface area contributed by atoms with E-state index >= 15 is 0 Å². The molecule has 0 radical (unpaired) electrons. The van der Waals surface area contributed by atoms with E-state index < -0.39 is 11.0 Å². The monoisotopic (exact) mass is 229 g/mol. The first-order valence-electron chi connectivity index (χ1n) is 4.95. The van der Waals surface area contributed by atoms with Crippen LogP contribution in [0.5, 0.6) is 0 Å². The van der Waals surface area contributed by atoms with E-state index in [-0.39, 0.29) is 4.75 Å². The zero-order valence-corrected chi connectivity index (χ0v) is 10.8. The summed E-state index contributed by atoms with van der Waals surface area (Å²) < 4.78 is 16.2. The van der Waals surface area contributed by atoms with Gasteiger partial charge in [-0.2, -0.15) is 5.10 Å². The van der Waals surface area contributed by atoms with Crippen molar-refractivity contribution in [2.75, 3.05) is 0 Å². The average Bonchev–Trinajstić information content (AvgIpc) is 2.39. The van der Waals surface area contributed by atoms with Crippen molar-refractivity contribution in [2.24, 2.45) is 7.05 Å². The molecule has 0 saturated heterocycles. The lowest BCUT2D eigenvalue weighted by molar-refractivity contribution is 0.632. The Morgan fingerprint density at radius 3 is 2.53 bits per heavy atom. The van der Waals surface area contributed by atoms with Gasteiger partial charge in [0.25, 0.3) is 0 Å². The molecule has 0 saturated carbocycles. The molecule has 15 heavy (non-hydrogen) atoms. The Balaban J connectivity index is 2.58. The zero-order chi connectivity index (χ0) is 11.6. The maximum Gasteiger partial charge on any atom is 0.0973 e. The molecule has 1 aromatic rings. The minimum Gasteiger partial charge on any atom is -0.275 e. The minimum absolute atomic E-state index is 0.233. The first-order valence-corrected chi connectivity index (χ1v) is 6.10. The fraction of sp³-hybridized carbons (Fsp3) is 0.700. The molecule has 0 bridgehead atoms. The fourth-order valence-electron chi connectivity index (χ4n) is 1.18. The molecule has 0 aliphatic rings. The Morgan fingerprint density at radius 1 is 1.53 bits per heavy atom. The smallest absolute Gasteiger partial charge is 0.0973 e. The molecule has 0 fully saturated rings. The van der Waals surface area contributed by atoms with Crippen molar-refractivity contribution in [3.63, 3.8) is 0 Å². The van der Waals surface area contributed by atoms with Gasteiger partial charge < -0.3 is 0 Å². The van der Waals surface area contributed by atoms with E-state index in [2.05, 4.69) is 9.82 Å². The maximum atomic E-state index is 11.7. The van der Waals surface area contributed by atoms with Gasteiger partial charge in [-0.05, 0) is 33.3 Å². The SMILES string of the molecule is Cc1cn(C)nc1CNS(=O)C(C)(C)C. The molecule has 86 valence electrons. The molecule has 4 nitrogen and oxygen atoms in total. The molecule has 0 aliphatic heterocycles. The van der Waals surface area contributed by atoms with Gasteiger partial charge in [-0.15, -0.1) is 0 Å². The van der Waals surface area contributed by atoms with E-state index in [9.17, 15) is 4.21 Å². The van der Waals surface area contributed by atoms with Crippen LogP contribution in [0.1, 0.15) is 32.0 Å². The standard InChI is InChI=1S/C10H19N3OS/c1-8-7-13(5)12-9(8)6-11-15(14)10(2,3)4/h7,11H,6H2,1-5H3. The lowest BCUT2D eigenvalue weighted by Crippen LogP contribution is -2.33. The molecular formula is C10H19N3OS. The van der Waals surface area contributed by atoms with Crippen LogP contribution < -0.4 is 4.72 Å². The highest BCUT2D eigenvalue weighted by Gasteiger charge is 2.19. The largest absolute Gasteiger partial charge is 0.275 e. The Labute approximate surface area is 93.7 Å². The van der Waals surface area contributed by atoms with Gasteiger partial charge in [0.1, 0.15) is 0 Å². The number of aromatic nitrogens is 2. The number of nitrogens with one attached hydrogen (secondary N) is 1. The number of hydrogen-bond acceptors (Lipinski definition) is 2. The highest BCUT2D eigenvalue weighted by molar-refractivity contribution is 7.84. The van der Waals surface area contributed by atoms with Gasteiger partial charge in [-0.25, -0.2) is 8.93 Å². The molecule has 0 spiro atoms. The number of nitrogens with zero attached hydrogens (tertiary/aromatic N) is 2. The van der Waals surface area contributed by atoms with E-state index in [1.54, 1.807) is 4.68 Å². The Hall–Kier alpha value is -0.680. The zero-order valence-electron chi connectivity index (χ0n) is 10.00. The lowest BCUT2D eigenvalue weighted by Gasteiger charge is -2.17. The van der Waals surface area contributed by atoms with Gasteiger partial charge in [0.05, 0.1) is 28.0 Å². The van der Waals surface area contributed by atoms with Crippen LogP contribution in [-0.2, 0) is 24.6 Å². The van der Waals surface area contributed by atoms with Gasteiger partial charge in [-0.1, -0.05) is 0 Å². The molecule has 1 heterocycles. The summed E-state index contributed by atoms with van der Waals surface area (Å²) in [5.74, 6) is 0. The van der Waals surface area contributed by atoms with E-state index in [4.69, 9.17) is 0 Å². The van der Waals surface area contributed by atoms with Gasteiger partial charge in [0.2, 0.25) is 0 Å². The summed E-state index contributed by atoms with van der Waals surface area (Å²) >= 11 is 0. The third-order valence-corrected chi connectivity index (χ3v) is 3.56. The summed E-state index contributed by atoms with van der Waals surface area (Å²) in [6, 6.07) is 0. The van der Waals surface area contributed by atoms with Crippen LogP contribution in [0.3, 0.4) is 0 Å². The van der Waals surface area contributed by atoms with Crippen molar-refractivity contribution in [1.29, 1.82) is 0 Å². The third-order valence-electron chi connectivity index (χ3n) is 2.04. The second-order valence-electron chi connectivity index (χ2n) is 4.63. The molecule has 1 N–H and O–H groups in total. The van der Waals surface area contributed by atoms with E-state index in [1.165, 1.54) is 0 Å². The lowest BCUT2D eigenvalue weighted by atomic mass is 10.3. The Morgan fingerprint density at radius 2 is 2.13 bits per heavy atom. The van der Waals surface area contributed by atoms with Crippen molar-refractivity contribution in [3.05, 3.63) is 17.5 Å². The van der Waals surface area contributed by atoms with Gasteiger partial charge in [0, 0.05) is 13.2 Å². The molecule has 1 aromatic heterocycles. The molecule has 5 heteroatoms. The van der Waals surface area contributed by atoms with Gasteiger partial charge >= 0.3 is 0 Å². The summed E-state index contributed by atoms with van der Waals surface area (Å²) in [6.07, 6.45) is 1.96. The van der Waals surface area contributed by atoms with E-state index in [0.29, 0.717) is 6.54 Å². The van der Waals surface area contributed by atoms with Crippen LogP contribution in [0.15, 0.2) is 6.20 Å². The summed E-state index contributed by atoms with van der Waals surface area (Å²) in [5, 5.41) is 4.28. The normalized spacial score (nSPS) is 14.2. The molecule has 1 atom stereocenters.